The Morgan fingerprint density at radius 3 is 2.83 bits per heavy atom. The third kappa shape index (κ3) is 2.50. The van der Waals surface area contributed by atoms with Gasteiger partial charge in [-0.1, -0.05) is 18.2 Å². The van der Waals surface area contributed by atoms with Crippen molar-refractivity contribution in [3.63, 3.8) is 0 Å². The summed E-state index contributed by atoms with van der Waals surface area (Å²) in [6, 6.07) is 5.50. The van der Waals surface area contributed by atoms with E-state index < -0.39 is 0 Å². The van der Waals surface area contributed by atoms with Crippen LogP contribution in [0.1, 0.15) is 23.2 Å². The SMILES string of the molecule is C=CC(=O)N1CCN(C(=O)c2ccc3nc(Cl)sc3c2)C2(CC2)C1. The van der Waals surface area contributed by atoms with Crippen LogP contribution in [0.2, 0.25) is 4.47 Å². The fourth-order valence-corrected chi connectivity index (χ4v) is 4.44. The van der Waals surface area contributed by atoms with Crippen molar-refractivity contribution < 1.29 is 9.59 Å². The number of fused-ring (bicyclic) bond motifs is 1. The van der Waals surface area contributed by atoms with Crippen molar-refractivity contribution in [1.29, 1.82) is 0 Å². The molecule has 0 bridgehead atoms. The number of hydrogen-bond acceptors (Lipinski definition) is 4. The van der Waals surface area contributed by atoms with Crippen molar-refractivity contribution >= 4 is 45.0 Å². The van der Waals surface area contributed by atoms with Gasteiger partial charge in [0.15, 0.2) is 4.47 Å². The molecule has 2 aromatic rings. The maximum absolute atomic E-state index is 13.0. The molecule has 2 fully saturated rings. The van der Waals surface area contributed by atoms with E-state index in [9.17, 15) is 9.59 Å². The number of benzene rings is 1. The molecule has 1 aliphatic carbocycles. The molecule has 0 unspecified atom stereocenters. The lowest BCUT2D eigenvalue weighted by Crippen LogP contribution is -2.58. The normalized spacial score (nSPS) is 18.9. The minimum absolute atomic E-state index is 0.0182. The van der Waals surface area contributed by atoms with Crippen LogP contribution in [0, 0.1) is 0 Å². The predicted molar refractivity (Wildman–Crippen MR) is 94.4 cm³/mol. The van der Waals surface area contributed by atoms with E-state index in [0.29, 0.717) is 29.7 Å². The Morgan fingerprint density at radius 2 is 2.12 bits per heavy atom. The van der Waals surface area contributed by atoms with E-state index in [1.165, 1.54) is 17.4 Å². The third-order valence-corrected chi connectivity index (χ3v) is 5.94. The van der Waals surface area contributed by atoms with E-state index in [0.717, 1.165) is 23.1 Å². The molecule has 2 amide bonds. The van der Waals surface area contributed by atoms with Crippen LogP contribution in [0.4, 0.5) is 0 Å². The van der Waals surface area contributed by atoms with Gasteiger partial charge in [0.25, 0.3) is 5.91 Å². The van der Waals surface area contributed by atoms with Crippen molar-refractivity contribution in [2.75, 3.05) is 19.6 Å². The second-order valence-electron chi connectivity index (χ2n) is 6.29. The fourth-order valence-electron chi connectivity index (χ4n) is 3.37. The van der Waals surface area contributed by atoms with Gasteiger partial charge in [0.1, 0.15) is 0 Å². The molecule has 2 aliphatic rings. The first-order valence-electron chi connectivity index (χ1n) is 7.82. The van der Waals surface area contributed by atoms with Gasteiger partial charge in [-0.3, -0.25) is 9.59 Å². The van der Waals surface area contributed by atoms with Gasteiger partial charge in [-0.05, 0) is 37.1 Å². The number of thiazole rings is 1. The number of aromatic nitrogens is 1. The Bertz CT molecular complexity index is 859. The molecular weight excluding hydrogens is 346 g/mol. The van der Waals surface area contributed by atoms with E-state index in [2.05, 4.69) is 11.6 Å². The zero-order chi connectivity index (χ0) is 16.9. The number of hydrogen-bond donors (Lipinski definition) is 0. The molecule has 1 saturated carbocycles. The molecule has 1 aromatic carbocycles. The zero-order valence-electron chi connectivity index (χ0n) is 13.0. The lowest BCUT2D eigenvalue weighted by Gasteiger charge is -2.42. The van der Waals surface area contributed by atoms with Crippen molar-refractivity contribution in [2.24, 2.45) is 0 Å². The maximum Gasteiger partial charge on any atom is 0.254 e. The highest BCUT2D eigenvalue weighted by Gasteiger charge is 2.53. The highest BCUT2D eigenvalue weighted by Crippen LogP contribution is 2.45. The lowest BCUT2D eigenvalue weighted by atomic mass is 10.1. The molecular formula is C17H16ClN3O2S. The topological polar surface area (TPSA) is 53.5 Å². The minimum atomic E-state index is -0.200. The van der Waals surface area contributed by atoms with Gasteiger partial charge < -0.3 is 9.80 Å². The quantitative estimate of drug-likeness (QED) is 0.773. The Labute approximate surface area is 148 Å². The number of nitrogens with zero attached hydrogens (tertiary/aromatic N) is 3. The molecule has 5 nitrogen and oxygen atoms in total. The van der Waals surface area contributed by atoms with Gasteiger partial charge >= 0.3 is 0 Å². The van der Waals surface area contributed by atoms with E-state index in [4.69, 9.17) is 11.6 Å². The molecule has 1 spiro atoms. The van der Waals surface area contributed by atoms with Crippen molar-refractivity contribution in [3.8, 4) is 0 Å². The second-order valence-corrected chi connectivity index (χ2v) is 7.91. The molecule has 24 heavy (non-hydrogen) atoms. The van der Waals surface area contributed by atoms with E-state index >= 15 is 0 Å². The first-order chi connectivity index (χ1) is 11.5. The Morgan fingerprint density at radius 1 is 1.33 bits per heavy atom. The van der Waals surface area contributed by atoms with Gasteiger partial charge in [0.05, 0.1) is 15.8 Å². The summed E-state index contributed by atoms with van der Waals surface area (Å²) < 4.78 is 1.39. The number of carbonyl (C=O) groups excluding carboxylic acids is 2. The summed E-state index contributed by atoms with van der Waals surface area (Å²) in [6.07, 6.45) is 3.22. The Hall–Kier alpha value is -1.92. The van der Waals surface area contributed by atoms with Crippen LogP contribution in [0.15, 0.2) is 30.9 Å². The van der Waals surface area contributed by atoms with E-state index in [1.54, 1.807) is 11.0 Å². The molecule has 124 valence electrons. The summed E-state index contributed by atoms with van der Waals surface area (Å²) in [5.41, 5.74) is 1.26. The van der Waals surface area contributed by atoms with Crippen molar-refractivity contribution in [2.45, 2.75) is 18.4 Å². The van der Waals surface area contributed by atoms with Crippen LogP contribution >= 0.6 is 22.9 Å². The molecule has 0 N–H and O–H groups in total. The molecule has 1 saturated heterocycles. The molecule has 1 aromatic heterocycles. The Kier molecular flexibility index (Phi) is 3.62. The number of amides is 2. The van der Waals surface area contributed by atoms with Crippen LogP contribution in [0.3, 0.4) is 0 Å². The van der Waals surface area contributed by atoms with Crippen molar-refractivity contribution in [1.82, 2.24) is 14.8 Å². The largest absolute Gasteiger partial charge is 0.335 e. The standard InChI is InChI=1S/C17H16ClN3O2S/c1-2-14(22)20-7-8-21(17(10-20)5-6-17)15(23)11-3-4-12-13(9-11)24-16(18)19-12/h2-4,9H,1,5-8,10H2. The molecule has 1 aliphatic heterocycles. The lowest BCUT2D eigenvalue weighted by molar-refractivity contribution is -0.129. The zero-order valence-corrected chi connectivity index (χ0v) is 14.6. The number of carbonyl (C=O) groups is 2. The molecule has 4 rings (SSSR count). The minimum Gasteiger partial charge on any atom is -0.335 e. The first kappa shape index (κ1) is 15.6. The summed E-state index contributed by atoms with van der Waals surface area (Å²) in [6.45, 7) is 5.25. The van der Waals surface area contributed by atoms with E-state index in [1.807, 2.05) is 17.0 Å². The summed E-state index contributed by atoms with van der Waals surface area (Å²) >= 11 is 7.32. The average molecular weight is 362 g/mol. The molecule has 7 heteroatoms. The summed E-state index contributed by atoms with van der Waals surface area (Å²) in [7, 11) is 0. The highest BCUT2D eigenvalue weighted by molar-refractivity contribution is 7.22. The molecule has 0 radical (unpaired) electrons. The van der Waals surface area contributed by atoms with Crippen LogP contribution in [0.5, 0.6) is 0 Å². The number of piperazine rings is 1. The van der Waals surface area contributed by atoms with Gasteiger partial charge in [0.2, 0.25) is 5.91 Å². The first-order valence-corrected chi connectivity index (χ1v) is 9.01. The molecule has 2 heterocycles. The summed E-state index contributed by atoms with van der Waals surface area (Å²) in [4.78, 5) is 32.8. The smallest absolute Gasteiger partial charge is 0.254 e. The van der Waals surface area contributed by atoms with Crippen LogP contribution < -0.4 is 0 Å². The van der Waals surface area contributed by atoms with Crippen LogP contribution in [-0.2, 0) is 4.79 Å². The second kappa shape index (κ2) is 5.57. The van der Waals surface area contributed by atoms with Crippen LogP contribution in [-0.4, -0.2) is 51.8 Å². The van der Waals surface area contributed by atoms with Gasteiger partial charge in [-0.25, -0.2) is 4.98 Å². The summed E-state index contributed by atoms with van der Waals surface area (Å²) in [5.74, 6) is -0.0429. The fraction of sp³-hybridized carbons (Fsp3) is 0.353. The number of rotatable bonds is 2. The van der Waals surface area contributed by atoms with Crippen molar-refractivity contribution in [3.05, 3.63) is 40.9 Å². The maximum atomic E-state index is 13.0. The predicted octanol–water partition coefficient (Wildman–Crippen LogP) is 2.95. The number of halogens is 1. The van der Waals surface area contributed by atoms with Crippen LogP contribution in [0.25, 0.3) is 10.2 Å². The Balaban J connectivity index is 1.59. The third-order valence-electron chi connectivity index (χ3n) is 4.82. The monoisotopic (exact) mass is 361 g/mol. The van der Waals surface area contributed by atoms with Gasteiger partial charge in [0, 0.05) is 25.2 Å². The van der Waals surface area contributed by atoms with Gasteiger partial charge in [-0.2, -0.15) is 0 Å². The van der Waals surface area contributed by atoms with Gasteiger partial charge in [-0.15, -0.1) is 11.3 Å². The summed E-state index contributed by atoms with van der Waals surface area (Å²) in [5, 5.41) is 0. The highest BCUT2D eigenvalue weighted by atomic mass is 35.5. The molecule has 0 atom stereocenters. The van der Waals surface area contributed by atoms with E-state index in [-0.39, 0.29) is 17.4 Å². The average Bonchev–Trinajstić information content (AvgIpc) is 3.23.